The maximum absolute atomic E-state index is 11.0. The van der Waals surface area contributed by atoms with Crippen LogP contribution in [0.3, 0.4) is 0 Å². The summed E-state index contributed by atoms with van der Waals surface area (Å²) in [6, 6.07) is 6.89. The Bertz CT molecular complexity index is 738. The predicted molar refractivity (Wildman–Crippen MR) is 77.1 cm³/mol. The van der Waals surface area contributed by atoms with Crippen molar-refractivity contribution in [3.05, 3.63) is 55.6 Å². The highest BCUT2D eigenvalue weighted by Gasteiger charge is 2.20. The van der Waals surface area contributed by atoms with E-state index in [1.54, 1.807) is 6.07 Å². The largest absolute Gasteiger partial charge is 0.476 e. The van der Waals surface area contributed by atoms with Gasteiger partial charge in [0.2, 0.25) is 11.6 Å². The predicted octanol–water partition coefficient (Wildman–Crippen LogP) is 3.90. The number of hydrogen-bond acceptors (Lipinski definition) is 5. The molecule has 0 bridgehead atoms. The third-order valence-electron chi connectivity index (χ3n) is 2.37. The molecule has 1 N–H and O–H groups in total. The van der Waals surface area contributed by atoms with Crippen LogP contribution in [0.2, 0.25) is 5.02 Å². The molecule has 0 saturated heterocycles. The zero-order chi connectivity index (χ0) is 15.6. The highest BCUT2D eigenvalue weighted by Crippen LogP contribution is 2.37. The first kappa shape index (κ1) is 15.2. The van der Waals surface area contributed by atoms with Crippen LogP contribution in [0.5, 0.6) is 11.6 Å². The Morgan fingerprint density at radius 2 is 2.10 bits per heavy atom. The zero-order valence-corrected chi connectivity index (χ0v) is 12.5. The monoisotopic (exact) mass is 372 g/mol. The van der Waals surface area contributed by atoms with Crippen LogP contribution in [0, 0.1) is 10.1 Å². The molecule has 21 heavy (non-hydrogen) atoms. The molecule has 1 heterocycles. The first-order chi connectivity index (χ1) is 9.90. The summed E-state index contributed by atoms with van der Waals surface area (Å²) >= 11 is 8.83. The summed E-state index contributed by atoms with van der Waals surface area (Å²) in [6.07, 6.45) is 0. The number of nitro groups is 1. The highest BCUT2D eigenvalue weighted by molar-refractivity contribution is 9.10. The Kier molecular flexibility index (Phi) is 4.39. The van der Waals surface area contributed by atoms with Gasteiger partial charge < -0.3 is 9.84 Å². The fourth-order valence-corrected chi connectivity index (χ4v) is 2.10. The van der Waals surface area contributed by atoms with E-state index in [4.69, 9.17) is 21.4 Å². The van der Waals surface area contributed by atoms with Crippen molar-refractivity contribution in [2.45, 2.75) is 0 Å². The van der Waals surface area contributed by atoms with Crippen molar-refractivity contribution in [2.75, 3.05) is 0 Å². The van der Waals surface area contributed by atoms with E-state index in [9.17, 15) is 14.9 Å². The van der Waals surface area contributed by atoms with Crippen molar-refractivity contribution in [2.24, 2.45) is 0 Å². The van der Waals surface area contributed by atoms with Crippen LogP contribution in [0.15, 0.2) is 34.8 Å². The second-order valence-corrected chi connectivity index (χ2v) is 4.99. The Morgan fingerprint density at radius 3 is 2.71 bits per heavy atom. The van der Waals surface area contributed by atoms with Crippen LogP contribution in [0.4, 0.5) is 5.69 Å². The molecular formula is C12H6BrClN2O5. The number of rotatable bonds is 4. The van der Waals surface area contributed by atoms with Gasteiger partial charge in [0.25, 0.3) is 0 Å². The number of aromatic carboxylic acids is 1. The second kappa shape index (κ2) is 6.06. The van der Waals surface area contributed by atoms with Gasteiger partial charge in [0, 0.05) is 12.1 Å². The summed E-state index contributed by atoms with van der Waals surface area (Å²) in [5.41, 5.74) is -0.679. The molecule has 0 unspecified atom stereocenters. The SMILES string of the molecule is O=C(O)c1nc(Oc2c(Br)cccc2[N+](=O)[O-])ccc1Cl. The Balaban J connectivity index is 2.46. The molecule has 0 atom stereocenters. The number of para-hydroxylation sites is 1. The third-order valence-corrected chi connectivity index (χ3v) is 3.30. The van der Waals surface area contributed by atoms with Gasteiger partial charge in [0.05, 0.1) is 14.4 Å². The number of ether oxygens (including phenoxy) is 1. The topological polar surface area (TPSA) is 103 Å². The van der Waals surface area contributed by atoms with Crippen molar-refractivity contribution >= 4 is 39.2 Å². The summed E-state index contributed by atoms with van der Waals surface area (Å²) in [5, 5.41) is 19.8. The fraction of sp³-hybridized carbons (Fsp3) is 0. The number of halogens is 2. The smallest absolute Gasteiger partial charge is 0.356 e. The summed E-state index contributed by atoms with van der Waals surface area (Å²) < 4.78 is 5.66. The number of hydrogen-bond donors (Lipinski definition) is 1. The van der Waals surface area contributed by atoms with Gasteiger partial charge in [-0.05, 0) is 28.1 Å². The molecule has 0 aliphatic heterocycles. The van der Waals surface area contributed by atoms with Crippen LogP contribution in [0.1, 0.15) is 10.5 Å². The fourth-order valence-electron chi connectivity index (χ4n) is 1.48. The zero-order valence-electron chi connectivity index (χ0n) is 10.1. The lowest BCUT2D eigenvalue weighted by atomic mass is 10.3. The van der Waals surface area contributed by atoms with Gasteiger partial charge in [-0.15, -0.1) is 0 Å². The molecule has 2 aromatic rings. The van der Waals surface area contributed by atoms with E-state index in [0.29, 0.717) is 4.47 Å². The van der Waals surface area contributed by atoms with Crippen molar-refractivity contribution in [1.29, 1.82) is 0 Å². The van der Waals surface area contributed by atoms with Gasteiger partial charge in [0.15, 0.2) is 5.69 Å². The maximum Gasteiger partial charge on any atom is 0.356 e. The van der Waals surface area contributed by atoms with Crippen molar-refractivity contribution < 1.29 is 19.6 Å². The lowest BCUT2D eigenvalue weighted by Crippen LogP contribution is -2.03. The number of benzene rings is 1. The van der Waals surface area contributed by atoms with E-state index in [1.165, 1.54) is 24.3 Å². The number of aromatic nitrogens is 1. The third kappa shape index (κ3) is 3.29. The van der Waals surface area contributed by atoms with Crippen molar-refractivity contribution in [3.8, 4) is 11.6 Å². The summed E-state index contributed by atoms with van der Waals surface area (Å²) in [6.45, 7) is 0. The number of nitrogens with zero attached hydrogens (tertiary/aromatic N) is 2. The van der Waals surface area contributed by atoms with Gasteiger partial charge in [0.1, 0.15) is 0 Å². The second-order valence-electron chi connectivity index (χ2n) is 3.73. The van der Waals surface area contributed by atoms with Gasteiger partial charge >= 0.3 is 11.7 Å². The normalized spacial score (nSPS) is 10.2. The maximum atomic E-state index is 11.0. The molecule has 1 aromatic heterocycles. The lowest BCUT2D eigenvalue weighted by molar-refractivity contribution is -0.385. The van der Waals surface area contributed by atoms with E-state index in [2.05, 4.69) is 20.9 Å². The van der Waals surface area contributed by atoms with Crippen LogP contribution in [0.25, 0.3) is 0 Å². The van der Waals surface area contributed by atoms with E-state index >= 15 is 0 Å². The molecule has 0 spiro atoms. The quantitative estimate of drug-likeness (QED) is 0.644. The average Bonchev–Trinajstić information content (AvgIpc) is 2.42. The summed E-state index contributed by atoms with van der Waals surface area (Å²) in [7, 11) is 0. The molecule has 2 rings (SSSR count). The number of pyridine rings is 1. The average molecular weight is 374 g/mol. The van der Waals surface area contributed by atoms with Gasteiger partial charge in [-0.1, -0.05) is 17.7 Å². The lowest BCUT2D eigenvalue weighted by Gasteiger charge is -2.08. The van der Waals surface area contributed by atoms with Crippen LogP contribution >= 0.6 is 27.5 Å². The minimum absolute atomic E-state index is 0.0588. The number of carboxylic acids is 1. The standard InChI is InChI=1S/C12H6BrClN2O5/c13-6-2-1-3-8(16(19)20)11(6)21-9-5-4-7(14)10(15-9)12(17)18/h1-5H,(H,17,18). The molecule has 0 fully saturated rings. The van der Waals surface area contributed by atoms with Crippen molar-refractivity contribution in [1.82, 2.24) is 4.98 Å². The number of nitro benzene ring substituents is 1. The highest BCUT2D eigenvalue weighted by atomic mass is 79.9. The van der Waals surface area contributed by atoms with E-state index in [1.807, 2.05) is 0 Å². The Labute approximate surface area is 131 Å². The summed E-state index contributed by atoms with van der Waals surface area (Å²) in [5.74, 6) is -1.52. The van der Waals surface area contributed by atoms with E-state index in [0.717, 1.165) is 0 Å². The van der Waals surface area contributed by atoms with Crippen LogP contribution in [-0.4, -0.2) is 21.0 Å². The van der Waals surface area contributed by atoms with Gasteiger partial charge in [-0.25, -0.2) is 9.78 Å². The molecule has 108 valence electrons. The number of carboxylic acid groups (broad SMARTS) is 1. The molecule has 9 heteroatoms. The number of carbonyl (C=O) groups is 1. The van der Waals surface area contributed by atoms with Crippen molar-refractivity contribution in [3.63, 3.8) is 0 Å². The van der Waals surface area contributed by atoms with Gasteiger partial charge in [-0.2, -0.15) is 0 Å². The first-order valence-corrected chi connectivity index (χ1v) is 6.58. The van der Waals surface area contributed by atoms with Gasteiger partial charge in [-0.3, -0.25) is 10.1 Å². The van der Waals surface area contributed by atoms with E-state index < -0.39 is 16.6 Å². The molecule has 0 saturated carbocycles. The van der Waals surface area contributed by atoms with E-state index in [-0.39, 0.29) is 22.3 Å². The molecule has 7 nitrogen and oxygen atoms in total. The summed E-state index contributed by atoms with van der Waals surface area (Å²) in [4.78, 5) is 25.0. The molecule has 0 amide bonds. The molecule has 0 aliphatic carbocycles. The minimum atomic E-state index is -1.33. The Morgan fingerprint density at radius 1 is 1.38 bits per heavy atom. The first-order valence-electron chi connectivity index (χ1n) is 5.40. The molecule has 0 aliphatic rings. The van der Waals surface area contributed by atoms with Crippen LogP contribution < -0.4 is 4.74 Å². The van der Waals surface area contributed by atoms with Crippen LogP contribution in [-0.2, 0) is 0 Å². The molecule has 1 aromatic carbocycles. The molecule has 0 radical (unpaired) electrons. The Hall–Kier alpha value is -2.19. The minimum Gasteiger partial charge on any atom is -0.476 e. The molecular weight excluding hydrogens is 367 g/mol.